The van der Waals surface area contributed by atoms with Crippen molar-refractivity contribution in [3.05, 3.63) is 36.3 Å². The average Bonchev–Trinajstić information content (AvgIpc) is 3.01. The Balaban J connectivity index is 1.53. The fourth-order valence-electron chi connectivity index (χ4n) is 2.95. The number of nitrogens with zero attached hydrogens (tertiary/aromatic N) is 3. The fraction of sp³-hybridized carbons (Fsp3) is 0.500. The Kier molecular flexibility index (Phi) is 4.65. The second kappa shape index (κ2) is 6.74. The zero-order valence-electron chi connectivity index (χ0n) is 15.0. The molecule has 0 radical (unpaired) electrons. The van der Waals surface area contributed by atoms with Gasteiger partial charge < -0.3 is 19.9 Å². The van der Waals surface area contributed by atoms with Gasteiger partial charge in [0.1, 0.15) is 5.65 Å². The minimum atomic E-state index is -0.242. The van der Waals surface area contributed by atoms with E-state index < -0.39 is 0 Å². The van der Waals surface area contributed by atoms with E-state index in [-0.39, 0.29) is 23.5 Å². The second-order valence-corrected chi connectivity index (χ2v) is 7.52. The summed E-state index contributed by atoms with van der Waals surface area (Å²) in [7, 11) is 0. The molecule has 7 nitrogen and oxygen atoms in total. The molecule has 1 aliphatic rings. The van der Waals surface area contributed by atoms with Crippen LogP contribution in [0, 0.1) is 0 Å². The Morgan fingerprint density at radius 2 is 1.92 bits per heavy atom. The van der Waals surface area contributed by atoms with Gasteiger partial charge in [0, 0.05) is 48.8 Å². The molecule has 0 saturated carbocycles. The van der Waals surface area contributed by atoms with E-state index in [1.54, 1.807) is 18.3 Å². The Labute approximate surface area is 147 Å². The number of nitrogens with one attached hydrogen (secondary N) is 2. The molecule has 134 valence electrons. The highest BCUT2D eigenvalue weighted by atomic mass is 16.2. The number of carbonyl (C=O) groups excluding carboxylic acids is 2. The predicted molar refractivity (Wildman–Crippen MR) is 95.5 cm³/mol. The summed E-state index contributed by atoms with van der Waals surface area (Å²) in [5.41, 5.74) is 1.11. The van der Waals surface area contributed by atoms with Crippen molar-refractivity contribution in [2.75, 3.05) is 13.1 Å². The molecule has 1 fully saturated rings. The normalized spacial score (nSPS) is 16.0. The van der Waals surface area contributed by atoms with E-state index in [1.165, 1.54) is 0 Å². The standard InChI is InChI=1S/C18H25N5O2/c1-18(2,3)21-17(25)23-9-5-14(6-10-23)20-16(24)13-4-8-22-11-7-19-15(22)12-13/h4,7-8,11-12,14H,5-6,9-10H2,1-3H3,(H,20,24)(H,21,25). The minimum absolute atomic E-state index is 0.0398. The van der Waals surface area contributed by atoms with Crippen molar-refractivity contribution < 1.29 is 9.59 Å². The topological polar surface area (TPSA) is 78.7 Å². The molecule has 25 heavy (non-hydrogen) atoms. The van der Waals surface area contributed by atoms with Crippen LogP contribution in [0.4, 0.5) is 4.79 Å². The number of piperidine rings is 1. The molecule has 0 unspecified atom stereocenters. The van der Waals surface area contributed by atoms with E-state index >= 15 is 0 Å². The first kappa shape index (κ1) is 17.3. The van der Waals surface area contributed by atoms with E-state index in [0.717, 1.165) is 18.5 Å². The molecular formula is C18H25N5O2. The highest BCUT2D eigenvalue weighted by Crippen LogP contribution is 2.13. The quantitative estimate of drug-likeness (QED) is 0.876. The number of pyridine rings is 1. The summed E-state index contributed by atoms with van der Waals surface area (Å²) in [4.78, 5) is 30.6. The average molecular weight is 343 g/mol. The number of aromatic nitrogens is 2. The van der Waals surface area contributed by atoms with Gasteiger partial charge >= 0.3 is 6.03 Å². The van der Waals surface area contributed by atoms with E-state index in [1.807, 2.05) is 42.5 Å². The molecule has 3 rings (SSSR count). The molecule has 0 atom stereocenters. The number of hydrogen-bond donors (Lipinski definition) is 2. The van der Waals surface area contributed by atoms with E-state index in [4.69, 9.17) is 0 Å². The van der Waals surface area contributed by atoms with Gasteiger partial charge in [-0.05, 0) is 45.7 Å². The van der Waals surface area contributed by atoms with Crippen molar-refractivity contribution in [3.63, 3.8) is 0 Å². The van der Waals surface area contributed by atoms with Gasteiger partial charge in [-0.25, -0.2) is 9.78 Å². The monoisotopic (exact) mass is 343 g/mol. The lowest BCUT2D eigenvalue weighted by molar-refractivity contribution is 0.0917. The lowest BCUT2D eigenvalue weighted by Crippen LogP contribution is -2.53. The molecule has 2 N–H and O–H groups in total. The molecule has 3 amide bonds. The SMILES string of the molecule is CC(C)(C)NC(=O)N1CCC(NC(=O)c2ccn3ccnc3c2)CC1. The van der Waals surface area contributed by atoms with Gasteiger partial charge in [-0.1, -0.05) is 0 Å². The Morgan fingerprint density at radius 1 is 1.20 bits per heavy atom. The lowest BCUT2D eigenvalue weighted by Gasteiger charge is -2.34. The number of urea groups is 1. The van der Waals surface area contributed by atoms with E-state index in [9.17, 15) is 9.59 Å². The molecule has 1 saturated heterocycles. The van der Waals surface area contributed by atoms with Crippen LogP contribution in [0.2, 0.25) is 0 Å². The highest BCUT2D eigenvalue weighted by molar-refractivity contribution is 5.95. The zero-order valence-corrected chi connectivity index (χ0v) is 15.0. The molecule has 0 bridgehead atoms. The summed E-state index contributed by atoms with van der Waals surface area (Å²) < 4.78 is 1.86. The molecule has 1 aliphatic heterocycles. The largest absolute Gasteiger partial charge is 0.349 e. The zero-order chi connectivity index (χ0) is 18.0. The molecule has 2 aromatic heterocycles. The van der Waals surface area contributed by atoms with Gasteiger partial charge in [0.25, 0.3) is 5.91 Å². The van der Waals surface area contributed by atoms with Crippen molar-refractivity contribution in [1.29, 1.82) is 0 Å². The number of carbonyl (C=O) groups is 2. The third-order valence-corrected chi connectivity index (χ3v) is 4.26. The van der Waals surface area contributed by atoms with Crippen LogP contribution in [0.5, 0.6) is 0 Å². The van der Waals surface area contributed by atoms with Crippen LogP contribution in [-0.2, 0) is 0 Å². The third kappa shape index (κ3) is 4.29. The van der Waals surface area contributed by atoms with Gasteiger partial charge in [0.15, 0.2) is 0 Å². The van der Waals surface area contributed by atoms with Crippen molar-refractivity contribution in [1.82, 2.24) is 24.9 Å². The minimum Gasteiger partial charge on any atom is -0.349 e. The summed E-state index contributed by atoms with van der Waals surface area (Å²) in [6.07, 6.45) is 6.89. The molecular weight excluding hydrogens is 318 g/mol. The Morgan fingerprint density at radius 3 is 2.60 bits per heavy atom. The van der Waals surface area contributed by atoms with Gasteiger partial charge in [-0.3, -0.25) is 4.79 Å². The van der Waals surface area contributed by atoms with Crippen molar-refractivity contribution in [3.8, 4) is 0 Å². The van der Waals surface area contributed by atoms with Crippen molar-refractivity contribution in [2.45, 2.75) is 45.2 Å². The number of fused-ring (bicyclic) bond motifs is 1. The number of rotatable bonds is 2. The smallest absolute Gasteiger partial charge is 0.317 e. The van der Waals surface area contributed by atoms with Gasteiger partial charge in [-0.15, -0.1) is 0 Å². The van der Waals surface area contributed by atoms with Crippen LogP contribution in [0.25, 0.3) is 5.65 Å². The van der Waals surface area contributed by atoms with Crippen LogP contribution in [0.15, 0.2) is 30.7 Å². The van der Waals surface area contributed by atoms with E-state index in [2.05, 4.69) is 15.6 Å². The summed E-state index contributed by atoms with van der Waals surface area (Å²) in [5.74, 6) is -0.0944. The number of hydrogen-bond acceptors (Lipinski definition) is 3. The van der Waals surface area contributed by atoms with Crippen LogP contribution >= 0.6 is 0 Å². The van der Waals surface area contributed by atoms with Crippen LogP contribution in [-0.4, -0.2) is 50.9 Å². The van der Waals surface area contributed by atoms with E-state index in [0.29, 0.717) is 18.7 Å². The van der Waals surface area contributed by atoms with Crippen LogP contribution in [0.1, 0.15) is 44.0 Å². The van der Waals surface area contributed by atoms with Crippen molar-refractivity contribution >= 4 is 17.6 Å². The summed E-state index contributed by atoms with van der Waals surface area (Å²) >= 11 is 0. The lowest BCUT2D eigenvalue weighted by atomic mass is 10.0. The summed E-state index contributed by atoms with van der Waals surface area (Å²) in [6.45, 7) is 7.19. The Hall–Kier alpha value is -2.57. The number of imidazole rings is 1. The summed E-state index contributed by atoms with van der Waals surface area (Å²) in [6, 6.07) is 3.61. The fourth-order valence-corrected chi connectivity index (χ4v) is 2.95. The maximum absolute atomic E-state index is 12.4. The number of likely N-dealkylation sites (tertiary alicyclic amines) is 1. The van der Waals surface area contributed by atoms with Gasteiger partial charge in [0.2, 0.25) is 0 Å². The first-order chi connectivity index (χ1) is 11.8. The highest BCUT2D eigenvalue weighted by Gasteiger charge is 2.26. The van der Waals surface area contributed by atoms with Crippen LogP contribution in [0.3, 0.4) is 0 Å². The maximum Gasteiger partial charge on any atom is 0.317 e. The molecule has 0 aliphatic carbocycles. The molecule has 0 spiro atoms. The molecule has 2 aromatic rings. The van der Waals surface area contributed by atoms with Gasteiger partial charge in [-0.2, -0.15) is 0 Å². The maximum atomic E-state index is 12.4. The first-order valence-corrected chi connectivity index (χ1v) is 8.62. The second-order valence-electron chi connectivity index (χ2n) is 7.52. The van der Waals surface area contributed by atoms with Crippen molar-refractivity contribution in [2.24, 2.45) is 0 Å². The van der Waals surface area contributed by atoms with Gasteiger partial charge in [0.05, 0.1) is 0 Å². The molecule has 3 heterocycles. The third-order valence-electron chi connectivity index (χ3n) is 4.26. The first-order valence-electron chi connectivity index (χ1n) is 8.62. The molecule has 0 aromatic carbocycles. The number of amides is 3. The summed E-state index contributed by atoms with van der Waals surface area (Å²) in [5, 5.41) is 6.04. The van der Waals surface area contributed by atoms with Crippen LogP contribution < -0.4 is 10.6 Å². The molecule has 7 heteroatoms. The predicted octanol–water partition coefficient (Wildman–Crippen LogP) is 2.04. The Bertz CT molecular complexity index is 769.